The highest BCUT2D eigenvalue weighted by atomic mass is 32.2. The van der Waals surface area contributed by atoms with E-state index in [1.54, 1.807) is 30.3 Å². The molecule has 0 saturated heterocycles. The molecule has 0 aliphatic heterocycles. The Balaban J connectivity index is 2.01. The van der Waals surface area contributed by atoms with Gasteiger partial charge in [0, 0.05) is 0 Å². The SMILES string of the molecule is Cc1ccc(S(=O)(=O)OC[C@H](O)[C@H](F)c2ccccc2)cc1. The first-order valence-corrected chi connectivity index (χ1v) is 8.14. The number of aliphatic hydroxyl groups excluding tert-OH is 1. The molecule has 0 heterocycles. The zero-order chi connectivity index (χ0) is 16.2. The van der Waals surface area contributed by atoms with Crippen LogP contribution in [0.15, 0.2) is 59.5 Å². The van der Waals surface area contributed by atoms with Crippen molar-refractivity contribution in [2.75, 3.05) is 6.61 Å². The van der Waals surface area contributed by atoms with Crippen molar-refractivity contribution in [3.05, 3.63) is 65.7 Å². The van der Waals surface area contributed by atoms with Crippen molar-refractivity contribution in [3.63, 3.8) is 0 Å². The van der Waals surface area contributed by atoms with Crippen LogP contribution in [-0.4, -0.2) is 26.2 Å². The van der Waals surface area contributed by atoms with Crippen LogP contribution in [-0.2, 0) is 14.3 Å². The summed E-state index contributed by atoms with van der Waals surface area (Å²) in [5, 5.41) is 9.76. The molecule has 2 atom stereocenters. The quantitative estimate of drug-likeness (QED) is 0.830. The summed E-state index contributed by atoms with van der Waals surface area (Å²) in [6.45, 7) is 1.18. The molecule has 118 valence electrons. The maximum absolute atomic E-state index is 14.0. The van der Waals surface area contributed by atoms with Gasteiger partial charge in [-0.25, -0.2) is 4.39 Å². The van der Waals surface area contributed by atoms with E-state index in [9.17, 15) is 17.9 Å². The second-order valence-corrected chi connectivity index (χ2v) is 6.55. The molecule has 0 aromatic heterocycles. The van der Waals surface area contributed by atoms with E-state index in [0.717, 1.165) is 5.56 Å². The van der Waals surface area contributed by atoms with Crippen LogP contribution in [0.1, 0.15) is 17.3 Å². The van der Waals surface area contributed by atoms with Gasteiger partial charge in [-0.3, -0.25) is 4.18 Å². The van der Waals surface area contributed by atoms with E-state index < -0.39 is 29.0 Å². The van der Waals surface area contributed by atoms with Crippen LogP contribution in [0.3, 0.4) is 0 Å². The lowest BCUT2D eigenvalue weighted by molar-refractivity contribution is 0.0384. The predicted molar refractivity (Wildman–Crippen MR) is 80.6 cm³/mol. The van der Waals surface area contributed by atoms with Gasteiger partial charge in [0.15, 0.2) is 6.17 Å². The highest BCUT2D eigenvalue weighted by molar-refractivity contribution is 7.86. The lowest BCUT2D eigenvalue weighted by Crippen LogP contribution is -2.23. The molecule has 0 bridgehead atoms. The third kappa shape index (κ3) is 4.13. The predicted octanol–water partition coefficient (Wildman–Crippen LogP) is 2.77. The van der Waals surface area contributed by atoms with E-state index in [0.29, 0.717) is 0 Å². The Morgan fingerprint density at radius 2 is 1.68 bits per heavy atom. The summed E-state index contributed by atoms with van der Waals surface area (Å²) < 4.78 is 42.7. The molecule has 2 rings (SSSR count). The van der Waals surface area contributed by atoms with Gasteiger partial charge in [0.2, 0.25) is 0 Å². The fraction of sp³-hybridized carbons (Fsp3) is 0.250. The molecule has 2 aromatic carbocycles. The van der Waals surface area contributed by atoms with Crippen LogP contribution in [0.2, 0.25) is 0 Å². The van der Waals surface area contributed by atoms with E-state index in [-0.39, 0.29) is 10.5 Å². The molecule has 6 heteroatoms. The first-order valence-electron chi connectivity index (χ1n) is 6.73. The Morgan fingerprint density at radius 1 is 1.09 bits per heavy atom. The minimum Gasteiger partial charge on any atom is -0.387 e. The number of aliphatic hydroxyl groups is 1. The zero-order valence-corrected chi connectivity index (χ0v) is 12.8. The van der Waals surface area contributed by atoms with Gasteiger partial charge in [0.1, 0.15) is 6.10 Å². The normalized spacial score (nSPS) is 14.5. The van der Waals surface area contributed by atoms with Crippen molar-refractivity contribution in [2.24, 2.45) is 0 Å². The average molecular weight is 324 g/mol. The number of halogens is 1. The summed E-state index contributed by atoms with van der Waals surface area (Å²) in [5.74, 6) is 0. The molecule has 4 nitrogen and oxygen atoms in total. The number of benzene rings is 2. The standard InChI is InChI=1S/C16H17FO4S/c1-12-7-9-14(10-8-12)22(19,20)21-11-15(18)16(17)13-5-3-2-4-6-13/h2-10,15-16,18H,11H2,1H3/t15-,16+/m0/s1. The van der Waals surface area contributed by atoms with Crippen LogP contribution in [0.25, 0.3) is 0 Å². The molecule has 0 amide bonds. The highest BCUT2D eigenvalue weighted by Crippen LogP contribution is 2.22. The van der Waals surface area contributed by atoms with Crippen LogP contribution in [0.5, 0.6) is 0 Å². The van der Waals surface area contributed by atoms with Crippen molar-refractivity contribution < 1.29 is 22.1 Å². The van der Waals surface area contributed by atoms with Gasteiger partial charge in [-0.2, -0.15) is 8.42 Å². The molecule has 22 heavy (non-hydrogen) atoms. The van der Waals surface area contributed by atoms with Gasteiger partial charge in [-0.05, 0) is 24.6 Å². The van der Waals surface area contributed by atoms with E-state index in [1.165, 1.54) is 24.3 Å². The molecule has 0 aliphatic rings. The molecule has 2 aromatic rings. The molecular formula is C16H17FO4S. The van der Waals surface area contributed by atoms with Crippen LogP contribution in [0, 0.1) is 6.92 Å². The summed E-state index contributed by atoms with van der Waals surface area (Å²) in [5.41, 5.74) is 1.18. The van der Waals surface area contributed by atoms with Crippen molar-refractivity contribution >= 4 is 10.1 Å². The molecule has 0 fully saturated rings. The molecule has 0 aliphatic carbocycles. The largest absolute Gasteiger partial charge is 0.387 e. The summed E-state index contributed by atoms with van der Waals surface area (Å²) in [4.78, 5) is -0.0274. The van der Waals surface area contributed by atoms with Gasteiger partial charge in [-0.1, -0.05) is 48.0 Å². The Kier molecular flexibility index (Phi) is 5.28. The molecule has 0 saturated carbocycles. The van der Waals surface area contributed by atoms with Gasteiger partial charge in [-0.15, -0.1) is 0 Å². The number of rotatable bonds is 6. The smallest absolute Gasteiger partial charge is 0.297 e. The highest BCUT2D eigenvalue weighted by Gasteiger charge is 2.24. The van der Waals surface area contributed by atoms with Crippen molar-refractivity contribution in [3.8, 4) is 0 Å². The van der Waals surface area contributed by atoms with E-state index in [1.807, 2.05) is 6.92 Å². The lowest BCUT2D eigenvalue weighted by Gasteiger charge is -2.16. The third-order valence-electron chi connectivity index (χ3n) is 3.16. The molecule has 0 radical (unpaired) electrons. The van der Waals surface area contributed by atoms with Crippen molar-refractivity contribution in [1.29, 1.82) is 0 Å². The monoisotopic (exact) mass is 324 g/mol. The second kappa shape index (κ2) is 7.00. The number of hydrogen-bond donors (Lipinski definition) is 1. The fourth-order valence-corrected chi connectivity index (χ4v) is 2.80. The van der Waals surface area contributed by atoms with E-state index >= 15 is 0 Å². The van der Waals surface area contributed by atoms with Crippen molar-refractivity contribution in [2.45, 2.75) is 24.1 Å². The Bertz CT molecular complexity index is 699. The molecular weight excluding hydrogens is 307 g/mol. The van der Waals surface area contributed by atoms with Gasteiger partial charge in [0.05, 0.1) is 11.5 Å². The first kappa shape index (κ1) is 16.6. The lowest BCUT2D eigenvalue weighted by atomic mass is 10.1. The van der Waals surface area contributed by atoms with Crippen LogP contribution >= 0.6 is 0 Å². The van der Waals surface area contributed by atoms with E-state index in [2.05, 4.69) is 0 Å². The molecule has 1 N–H and O–H groups in total. The fourth-order valence-electron chi connectivity index (χ4n) is 1.88. The summed E-state index contributed by atoms with van der Waals surface area (Å²) in [6.07, 6.45) is -3.28. The summed E-state index contributed by atoms with van der Waals surface area (Å²) >= 11 is 0. The van der Waals surface area contributed by atoms with Gasteiger partial charge < -0.3 is 5.11 Å². The second-order valence-electron chi connectivity index (χ2n) is 4.93. The number of alkyl halides is 1. The minimum atomic E-state index is -4.01. The Labute approximate surface area is 129 Å². The topological polar surface area (TPSA) is 63.6 Å². The third-order valence-corrected chi connectivity index (χ3v) is 4.46. The number of hydrogen-bond acceptors (Lipinski definition) is 4. The molecule has 0 spiro atoms. The Hall–Kier alpha value is -1.76. The van der Waals surface area contributed by atoms with Gasteiger partial charge in [0.25, 0.3) is 10.1 Å². The first-order chi connectivity index (χ1) is 10.4. The van der Waals surface area contributed by atoms with Gasteiger partial charge >= 0.3 is 0 Å². The molecule has 0 unspecified atom stereocenters. The van der Waals surface area contributed by atoms with Crippen LogP contribution in [0.4, 0.5) is 4.39 Å². The minimum absolute atomic E-state index is 0.0274. The average Bonchev–Trinajstić information content (AvgIpc) is 2.53. The van der Waals surface area contributed by atoms with Crippen molar-refractivity contribution in [1.82, 2.24) is 0 Å². The number of aryl methyl sites for hydroxylation is 1. The Morgan fingerprint density at radius 3 is 2.27 bits per heavy atom. The summed E-state index contributed by atoms with van der Waals surface area (Å²) in [6, 6.07) is 14.1. The summed E-state index contributed by atoms with van der Waals surface area (Å²) in [7, 11) is -4.01. The van der Waals surface area contributed by atoms with E-state index in [4.69, 9.17) is 4.18 Å². The maximum Gasteiger partial charge on any atom is 0.297 e. The maximum atomic E-state index is 14.0. The zero-order valence-electron chi connectivity index (χ0n) is 12.0. The van der Waals surface area contributed by atoms with Crippen LogP contribution < -0.4 is 0 Å².